The topological polar surface area (TPSA) is 56.0 Å². The highest BCUT2D eigenvalue weighted by Gasteiger charge is 2.45. The maximum Gasteiger partial charge on any atom is 0.416 e. The van der Waals surface area contributed by atoms with E-state index in [1.165, 1.54) is 24.3 Å². The Hall–Kier alpha value is -3.50. The smallest absolute Gasteiger partial charge is 0.416 e. The van der Waals surface area contributed by atoms with Crippen LogP contribution in [0.4, 0.5) is 26.3 Å². The minimum atomic E-state index is -4.58. The van der Waals surface area contributed by atoms with Crippen molar-refractivity contribution in [2.45, 2.75) is 117 Å². The highest BCUT2D eigenvalue weighted by Crippen LogP contribution is 2.50. The predicted molar refractivity (Wildman–Crippen MR) is 170 cm³/mol. The van der Waals surface area contributed by atoms with Crippen molar-refractivity contribution in [2.24, 2.45) is 0 Å². The lowest BCUT2D eigenvalue weighted by atomic mass is 9.64. The maximum atomic E-state index is 14.5. The van der Waals surface area contributed by atoms with Crippen molar-refractivity contribution in [3.05, 3.63) is 116 Å². The van der Waals surface area contributed by atoms with Gasteiger partial charge in [0.25, 0.3) is 0 Å². The van der Waals surface area contributed by atoms with Gasteiger partial charge < -0.3 is 19.3 Å². The molecule has 4 nitrogen and oxygen atoms in total. The summed E-state index contributed by atoms with van der Waals surface area (Å²) in [5, 5.41) is 29.0. The fourth-order valence-electron chi connectivity index (χ4n) is 8.16. The lowest BCUT2D eigenvalue weighted by molar-refractivity contribution is -0.537. The maximum absolute atomic E-state index is 14.5. The highest BCUT2D eigenvalue weighted by molar-refractivity contribution is 5.49. The molecule has 1 fully saturated rings. The lowest BCUT2D eigenvalue weighted by Gasteiger charge is -2.62. The summed E-state index contributed by atoms with van der Waals surface area (Å²) < 4.78 is 87.6. The molecular formula is C38H42F6N2O2-2. The first-order valence-corrected chi connectivity index (χ1v) is 16.6. The third kappa shape index (κ3) is 5.99. The molecule has 1 aliphatic carbocycles. The van der Waals surface area contributed by atoms with Crippen LogP contribution in [0, 0.1) is 13.8 Å². The molecule has 48 heavy (non-hydrogen) atoms. The van der Waals surface area contributed by atoms with Crippen LogP contribution in [0.15, 0.2) is 48.5 Å². The van der Waals surface area contributed by atoms with Gasteiger partial charge in [0, 0.05) is 35.9 Å². The third-order valence-electron chi connectivity index (χ3n) is 10.4. The molecule has 5 rings (SSSR count). The van der Waals surface area contributed by atoms with Gasteiger partial charge in [0.2, 0.25) is 0 Å². The summed E-state index contributed by atoms with van der Waals surface area (Å²) in [4.78, 5) is 0. The highest BCUT2D eigenvalue weighted by atomic mass is 19.4. The normalized spacial score (nSPS) is 20.0. The summed E-state index contributed by atoms with van der Waals surface area (Å²) in [7, 11) is 0. The molecule has 0 bridgehead atoms. The summed E-state index contributed by atoms with van der Waals surface area (Å²) in [6, 6.07) is 10.7. The molecule has 10 heteroatoms. The molecule has 1 aliphatic rings. The monoisotopic (exact) mass is 672 g/mol. The van der Waals surface area contributed by atoms with Gasteiger partial charge in [-0.2, -0.15) is 26.3 Å². The Bertz CT molecular complexity index is 1640. The SMILES string of the molecule is CCc1c(CC)c(C2C([O-])C(c3c(CC)c(CC)c(C)n3Cc3ccccc3C(F)(F)F)C2[O-])n(Cc2ccccc2C(F)(F)F)c1C. The van der Waals surface area contributed by atoms with Gasteiger partial charge in [-0.15, -0.1) is 12.2 Å². The molecule has 2 aromatic carbocycles. The summed E-state index contributed by atoms with van der Waals surface area (Å²) in [5.74, 6) is -2.05. The van der Waals surface area contributed by atoms with Gasteiger partial charge in [0.1, 0.15) is 0 Å². The zero-order valence-electron chi connectivity index (χ0n) is 28.1. The van der Waals surface area contributed by atoms with E-state index in [1.54, 1.807) is 21.3 Å². The van der Waals surface area contributed by atoms with Crippen LogP contribution in [0.5, 0.6) is 0 Å². The van der Waals surface area contributed by atoms with Crippen LogP contribution >= 0.6 is 0 Å². The average Bonchev–Trinajstić information content (AvgIpc) is 3.44. The number of nitrogens with zero attached hydrogens (tertiary/aromatic N) is 2. The molecule has 1 saturated carbocycles. The lowest BCUT2D eigenvalue weighted by Crippen LogP contribution is -2.64. The van der Waals surface area contributed by atoms with E-state index < -0.39 is 47.5 Å². The van der Waals surface area contributed by atoms with Gasteiger partial charge >= 0.3 is 12.4 Å². The Labute approximate surface area is 278 Å². The van der Waals surface area contributed by atoms with Gasteiger partial charge in [-0.3, -0.25) is 0 Å². The predicted octanol–water partition coefficient (Wildman–Crippen LogP) is 7.63. The third-order valence-corrected chi connectivity index (χ3v) is 10.4. The molecule has 0 N–H and O–H groups in total. The van der Waals surface area contributed by atoms with E-state index in [4.69, 9.17) is 0 Å². The van der Waals surface area contributed by atoms with Gasteiger partial charge in [0.15, 0.2) is 0 Å². The Kier molecular flexibility index (Phi) is 10.0. The van der Waals surface area contributed by atoms with E-state index in [2.05, 4.69) is 0 Å². The first-order valence-electron chi connectivity index (χ1n) is 16.6. The largest absolute Gasteiger partial charge is 0.851 e. The van der Waals surface area contributed by atoms with Gasteiger partial charge in [-0.05, 0) is 96.9 Å². The summed E-state index contributed by atoms with van der Waals surface area (Å²) in [5.41, 5.74) is 4.48. The zero-order chi connectivity index (χ0) is 35.3. The van der Waals surface area contributed by atoms with Crippen molar-refractivity contribution in [1.82, 2.24) is 9.13 Å². The number of benzene rings is 2. The van der Waals surface area contributed by atoms with Gasteiger partial charge in [-0.1, -0.05) is 64.1 Å². The molecular weight excluding hydrogens is 630 g/mol. The second kappa shape index (κ2) is 13.4. The molecule has 4 aromatic rings. The molecule has 0 amide bonds. The van der Waals surface area contributed by atoms with Crippen LogP contribution in [0.2, 0.25) is 0 Å². The minimum Gasteiger partial charge on any atom is -0.851 e. The fraction of sp³-hybridized carbons (Fsp3) is 0.474. The zero-order valence-corrected chi connectivity index (χ0v) is 28.1. The van der Waals surface area contributed by atoms with E-state index in [0.717, 1.165) is 45.8 Å². The van der Waals surface area contributed by atoms with Crippen molar-refractivity contribution in [3.63, 3.8) is 0 Å². The molecule has 0 radical (unpaired) electrons. The standard InChI is InChI=1S/C38H42F6N2O2/c1-7-25-21(5)45(19-23-15-11-13-17-29(23)37(39,40)41)33(27(25)9-3)31-35(47)32(36(31)48)34-28(10-4)26(8-2)22(6)46(34)20-24-16-12-14-18-30(24)38(42,43)44/h11-18,31-32,35-36H,7-10,19-20H2,1-6H3/q-2. The van der Waals surface area contributed by atoms with E-state index in [9.17, 15) is 36.6 Å². The Balaban J connectivity index is 1.63. The van der Waals surface area contributed by atoms with Gasteiger partial charge in [-0.25, -0.2) is 0 Å². The molecule has 0 spiro atoms. The van der Waals surface area contributed by atoms with Crippen LogP contribution < -0.4 is 10.2 Å². The van der Waals surface area contributed by atoms with Crippen molar-refractivity contribution < 1.29 is 36.6 Å². The first-order chi connectivity index (χ1) is 22.6. The number of hydrogen-bond acceptors (Lipinski definition) is 2. The summed E-state index contributed by atoms with van der Waals surface area (Å²) in [6.07, 6.45) is -9.87. The molecule has 0 atom stereocenters. The minimum absolute atomic E-state index is 0.0455. The average molecular weight is 673 g/mol. The Morgan fingerprint density at radius 2 is 0.854 bits per heavy atom. The fourth-order valence-corrected chi connectivity index (χ4v) is 8.16. The molecule has 2 heterocycles. The molecule has 2 aromatic heterocycles. The number of hydrogen-bond donors (Lipinski definition) is 0. The van der Waals surface area contributed by atoms with Crippen molar-refractivity contribution >= 4 is 0 Å². The van der Waals surface area contributed by atoms with Crippen LogP contribution in [0.1, 0.15) is 107 Å². The Morgan fingerprint density at radius 3 is 1.15 bits per heavy atom. The molecule has 0 aliphatic heterocycles. The molecule has 260 valence electrons. The van der Waals surface area contributed by atoms with Crippen LogP contribution in [0.3, 0.4) is 0 Å². The first kappa shape index (κ1) is 35.8. The molecule has 0 unspecified atom stereocenters. The number of halogens is 6. The van der Waals surface area contributed by atoms with Crippen LogP contribution in [-0.2, 0) is 51.1 Å². The Morgan fingerprint density at radius 1 is 0.542 bits per heavy atom. The van der Waals surface area contributed by atoms with E-state index in [-0.39, 0.29) is 24.2 Å². The van der Waals surface area contributed by atoms with E-state index in [1.807, 2.05) is 41.5 Å². The summed E-state index contributed by atoms with van der Waals surface area (Å²) >= 11 is 0. The van der Waals surface area contributed by atoms with Crippen molar-refractivity contribution in [2.75, 3.05) is 0 Å². The summed E-state index contributed by atoms with van der Waals surface area (Å²) in [6.45, 7) is 11.1. The van der Waals surface area contributed by atoms with E-state index in [0.29, 0.717) is 37.1 Å². The second-order valence-corrected chi connectivity index (χ2v) is 12.7. The second-order valence-electron chi connectivity index (χ2n) is 12.7. The van der Waals surface area contributed by atoms with Gasteiger partial charge in [0.05, 0.1) is 11.1 Å². The number of alkyl halides is 6. The molecule has 0 saturated heterocycles. The van der Waals surface area contributed by atoms with Crippen LogP contribution in [-0.4, -0.2) is 21.3 Å². The quantitative estimate of drug-likeness (QED) is 0.163. The van der Waals surface area contributed by atoms with Crippen LogP contribution in [0.25, 0.3) is 0 Å². The van der Waals surface area contributed by atoms with Crippen molar-refractivity contribution in [1.29, 1.82) is 0 Å². The van der Waals surface area contributed by atoms with Crippen molar-refractivity contribution in [3.8, 4) is 0 Å². The number of rotatable bonds is 10. The number of aromatic nitrogens is 2. The van der Waals surface area contributed by atoms with E-state index >= 15 is 0 Å².